The maximum atomic E-state index is 12.7. The number of aryl methyl sites for hydroxylation is 1. The Bertz CT molecular complexity index is 506. The molecule has 1 aliphatic carbocycles. The lowest BCUT2D eigenvalue weighted by molar-refractivity contribution is -0.140. The van der Waals surface area contributed by atoms with Crippen LogP contribution < -0.4 is 4.90 Å². The van der Waals surface area contributed by atoms with Gasteiger partial charge in [-0.05, 0) is 19.8 Å². The number of aliphatic carboxylic acids is 1. The topological polar surface area (TPSA) is 83.6 Å². The Labute approximate surface area is 124 Å². The highest BCUT2D eigenvalue weighted by molar-refractivity contribution is 5.94. The highest BCUT2D eigenvalue weighted by Gasteiger charge is 2.30. The number of carbonyl (C=O) groups is 2. The van der Waals surface area contributed by atoms with E-state index in [2.05, 4.69) is 5.16 Å². The summed E-state index contributed by atoms with van der Waals surface area (Å²) in [4.78, 5) is 25.3. The standard InChI is InChI=1S/C15H22N2O4/c1-10(15(19)20)9-17(13-8-11(2)21-16-13)14(18)12-6-4-3-5-7-12/h8,10,12H,3-7,9H2,1-2H3,(H,19,20). The number of carbonyl (C=O) groups excluding carboxylic acids is 1. The van der Waals surface area contributed by atoms with Crippen molar-refractivity contribution in [2.75, 3.05) is 11.4 Å². The number of carboxylic acids is 1. The van der Waals surface area contributed by atoms with Crippen LogP contribution >= 0.6 is 0 Å². The highest BCUT2D eigenvalue weighted by atomic mass is 16.5. The second kappa shape index (κ2) is 6.74. The molecule has 6 nitrogen and oxygen atoms in total. The average molecular weight is 294 g/mol. The molecule has 6 heteroatoms. The van der Waals surface area contributed by atoms with E-state index in [-0.39, 0.29) is 18.4 Å². The second-order valence-corrected chi connectivity index (χ2v) is 5.82. The summed E-state index contributed by atoms with van der Waals surface area (Å²) in [5, 5.41) is 13.0. The molecule has 1 saturated carbocycles. The summed E-state index contributed by atoms with van der Waals surface area (Å²) in [6.07, 6.45) is 5.01. The number of anilines is 1. The van der Waals surface area contributed by atoms with Crippen molar-refractivity contribution in [1.82, 2.24) is 5.16 Å². The van der Waals surface area contributed by atoms with Crippen molar-refractivity contribution < 1.29 is 19.2 Å². The predicted octanol–water partition coefficient (Wildman–Crippen LogP) is 2.62. The third-order valence-electron chi connectivity index (χ3n) is 3.99. The van der Waals surface area contributed by atoms with E-state index < -0.39 is 11.9 Å². The number of hydrogen-bond acceptors (Lipinski definition) is 4. The van der Waals surface area contributed by atoms with Gasteiger partial charge >= 0.3 is 5.97 Å². The fourth-order valence-corrected chi connectivity index (χ4v) is 2.70. The molecular weight excluding hydrogens is 272 g/mol. The lowest BCUT2D eigenvalue weighted by Gasteiger charge is -2.28. The van der Waals surface area contributed by atoms with E-state index in [1.165, 1.54) is 11.3 Å². The minimum absolute atomic E-state index is 0.0308. The Balaban J connectivity index is 2.18. The Kier molecular flexibility index (Phi) is 4.98. The predicted molar refractivity (Wildman–Crippen MR) is 77.0 cm³/mol. The first kappa shape index (κ1) is 15.5. The maximum Gasteiger partial charge on any atom is 0.308 e. The zero-order valence-electron chi connectivity index (χ0n) is 12.5. The van der Waals surface area contributed by atoms with E-state index in [0.29, 0.717) is 11.6 Å². The lowest BCUT2D eigenvalue weighted by atomic mass is 9.88. The quantitative estimate of drug-likeness (QED) is 0.902. The summed E-state index contributed by atoms with van der Waals surface area (Å²) in [5.41, 5.74) is 0. The van der Waals surface area contributed by atoms with Crippen molar-refractivity contribution in [1.29, 1.82) is 0 Å². The molecule has 1 heterocycles. The first-order valence-corrected chi connectivity index (χ1v) is 7.46. The van der Waals surface area contributed by atoms with Crippen molar-refractivity contribution in [3.05, 3.63) is 11.8 Å². The number of hydrogen-bond donors (Lipinski definition) is 1. The maximum absolute atomic E-state index is 12.7. The normalized spacial score (nSPS) is 17.4. The molecule has 1 atom stereocenters. The van der Waals surface area contributed by atoms with Gasteiger partial charge in [-0.25, -0.2) is 0 Å². The Morgan fingerprint density at radius 1 is 1.43 bits per heavy atom. The Morgan fingerprint density at radius 2 is 2.10 bits per heavy atom. The molecule has 0 bridgehead atoms. The summed E-state index contributed by atoms with van der Waals surface area (Å²) in [6.45, 7) is 3.47. The summed E-state index contributed by atoms with van der Waals surface area (Å²) in [7, 11) is 0. The van der Waals surface area contributed by atoms with Crippen LogP contribution in [0.3, 0.4) is 0 Å². The van der Waals surface area contributed by atoms with E-state index in [1.807, 2.05) is 0 Å². The SMILES string of the molecule is Cc1cc(N(CC(C)C(=O)O)C(=O)C2CCCCC2)no1. The molecule has 0 aliphatic heterocycles. The van der Waals surface area contributed by atoms with Gasteiger partial charge < -0.3 is 9.63 Å². The van der Waals surface area contributed by atoms with Crippen molar-refractivity contribution >= 4 is 17.7 Å². The Hall–Kier alpha value is -1.85. The van der Waals surface area contributed by atoms with Gasteiger partial charge in [-0.15, -0.1) is 0 Å². The molecule has 0 radical (unpaired) electrons. The molecule has 1 aromatic heterocycles. The summed E-state index contributed by atoms with van der Waals surface area (Å²) < 4.78 is 5.03. The molecule has 0 aromatic carbocycles. The third kappa shape index (κ3) is 3.83. The van der Waals surface area contributed by atoms with Gasteiger partial charge in [0.05, 0.1) is 5.92 Å². The second-order valence-electron chi connectivity index (χ2n) is 5.82. The van der Waals surface area contributed by atoms with Crippen LogP contribution in [-0.2, 0) is 9.59 Å². The molecule has 0 saturated heterocycles. The molecule has 1 fully saturated rings. The zero-order valence-corrected chi connectivity index (χ0v) is 12.5. The first-order valence-electron chi connectivity index (χ1n) is 7.46. The molecule has 1 unspecified atom stereocenters. The molecule has 21 heavy (non-hydrogen) atoms. The van der Waals surface area contributed by atoms with Crippen LogP contribution in [0.25, 0.3) is 0 Å². The van der Waals surface area contributed by atoms with E-state index in [4.69, 9.17) is 9.63 Å². The van der Waals surface area contributed by atoms with Gasteiger partial charge in [-0.3, -0.25) is 14.5 Å². The summed E-state index contributed by atoms with van der Waals surface area (Å²) in [6, 6.07) is 1.68. The summed E-state index contributed by atoms with van der Waals surface area (Å²) >= 11 is 0. The first-order chi connectivity index (χ1) is 9.99. The number of amides is 1. The number of carboxylic acid groups (broad SMARTS) is 1. The smallest absolute Gasteiger partial charge is 0.308 e. The van der Waals surface area contributed by atoms with Crippen molar-refractivity contribution in [3.63, 3.8) is 0 Å². The fourth-order valence-electron chi connectivity index (χ4n) is 2.70. The molecular formula is C15H22N2O4. The minimum atomic E-state index is -0.920. The van der Waals surface area contributed by atoms with Gasteiger partial charge in [0, 0.05) is 18.5 Å². The van der Waals surface area contributed by atoms with Gasteiger partial charge in [0.15, 0.2) is 5.82 Å². The minimum Gasteiger partial charge on any atom is -0.481 e. The monoisotopic (exact) mass is 294 g/mol. The van der Waals surface area contributed by atoms with Crippen LogP contribution in [0.4, 0.5) is 5.82 Å². The van der Waals surface area contributed by atoms with Crippen molar-refractivity contribution in [2.45, 2.75) is 46.0 Å². The van der Waals surface area contributed by atoms with E-state index in [1.54, 1.807) is 19.9 Å². The third-order valence-corrected chi connectivity index (χ3v) is 3.99. The highest BCUT2D eigenvalue weighted by Crippen LogP contribution is 2.28. The molecule has 1 amide bonds. The molecule has 2 rings (SSSR count). The van der Waals surface area contributed by atoms with E-state index in [0.717, 1.165) is 25.7 Å². The Morgan fingerprint density at radius 3 is 2.62 bits per heavy atom. The van der Waals surface area contributed by atoms with Crippen molar-refractivity contribution in [3.8, 4) is 0 Å². The fraction of sp³-hybridized carbons (Fsp3) is 0.667. The number of aromatic nitrogens is 1. The van der Waals surface area contributed by atoms with E-state index in [9.17, 15) is 9.59 Å². The molecule has 0 spiro atoms. The van der Waals surface area contributed by atoms with E-state index >= 15 is 0 Å². The van der Waals surface area contributed by atoms with Crippen molar-refractivity contribution in [2.24, 2.45) is 11.8 Å². The molecule has 1 N–H and O–H groups in total. The largest absolute Gasteiger partial charge is 0.481 e. The summed E-state index contributed by atoms with van der Waals surface area (Å²) in [5.74, 6) is -0.607. The number of nitrogens with zero attached hydrogens (tertiary/aromatic N) is 2. The van der Waals surface area contributed by atoms with Gasteiger partial charge in [-0.2, -0.15) is 0 Å². The van der Waals surface area contributed by atoms with Crippen LogP contribution in [0.15, 0.2) is 10.6 Å². The molecule has 1 aromatic rings. The van der Waals surface area contributed by atoms with Crippen LogP contribution in [0.5, 0.6) is 0 Å². The van der Waals surface area contributed by atoms with Gasteiger partial charge in [0.1, 0.15) is 5.76 Å². The van der Waals surface area contributed by atoms with Crippen LogP contribution in [0.2, 0.25) is 0 Å². The average Bonchev–Trinajstić information content (AvgIpc) is 2.91. The van der Waals surface area contributed by atoms with Gasteiger partial charge in [0.2, 0.25) is 5.91 Å². The van der Waals surface area contributed by atoms with Crippen LogP contribution in [0, 0.1) is 18.8 Å². The van der Waals surface area contributed by atoms with Gasteiger partial charge in [0.25, 0.3) is 0 Å². The molecule has 1 aliphatic rings. The zero-order chi connectivity index (χ0) is 15.4. The lowest BCUT2D eigenvalue weighted by Crippen LogP contribution is -2.41. The number of rotatable bonds is 5. The van der Waals surface area contributed by atoms with Crippen LogP contribution in [0.1, 0.15) is 44.8 Å². The van der Waals surface area contributed by atoms with Crippen LogP contribution in [-0.4, -0.2) is 28.7 Å². The van der Waals surface area contributed by atoms with Gasteiger partial charge in [-0.1, -0.05) is 31.3 Å². The molecule has 116 valence electrons.